The fourth-order valence-corrected chi connectivity index (χ4v) is 3.54. The van der Waals surface area contributed by atoms with Crippen LogP contribution < -0.4 is 9.88 Å². The molecule has 0 saturated carbocycles. The predicted octanol–water partition coefficient (Wildman–Crippen LogP) is 2.83. The summed E-state index contributed by atoms with van der Waals surface area (Å²) in [6.07, 6.45) is 3.42. The first-order valence-corrected chi connectivity index (χ1v) is 10.1. The minimum atomic E-state index is -3.71. The van der Waals surface area contributed by atoms with E-state index in [9.17, 15) is 12.8 Å². The van der Waals surface area contributed by atoms with Gasteiger partial charge in [-0.3, -0.25) is 4.57 Å². The smallest absolute Gasteiger partial charge is 0.238 e. The number of nitrogens with zero attached hydrogens (tertiary/aromatic N) is 2. The number of primary sulfonamides is 1. The molecule has 9 heteroatoms. The molecule has 3 aromatic rings. The molecule has 1 heterocycles. The second kappa shape index (κ2) is 7.90. The van der Waals surface area contributed by atoms with Crippen LogP contribution in [0.3, 0.4) is 0 Å². The number of hydrogen-bond donors (Lipinski definition) is 1. The lowest BCUT2D eigenvalue weighted by molar-refractivity contribution is 0.343. The zero-order valence-corrected chi connectivity index (χ0v) is 15.2. The Balaban J connectivity index is 1.56. The number of rotatable bonds is 7. The van der Waals surface area contributed by atoms with E-state index in [4.69, 9.17) is 9.88 Å². The van der Waals surface area contributed by atoms with Gasteiger partial charge < -0.3 is 4.74 Å². The summed E-state index contributed by atoms with van der Waals surface area (Å²) in [7, 11) is -3.71. The second-order valence-electron chi connectivity index (χ2n) is 5.27. The molecule has 0 aliphatic rings. The number of benzene rings is 2. The minimum absolute atomic E-state index is 0.0383. The average molecular weight is 393 g/mol. The Hall–Kier alpha value is -2.36. The van der Waals surface area contributed by atoms with E-state index in [2.05, 4.69) is 4.98 Å². The maximum Gasteiger partial charge on any atom is 0.238 e. The van der Waals surface area contributed by atoms with Crippen molar-refractivity contribution < 1.29 is 17.5 Å². The van der Waals surface area contributed by atoms with Crippen molar-refractivity contribution in [2.45, 2.75) is 10.1 Å². The number of halogens is 1. The van der Waals surface area contributed by atoms with Crippen LogP contribution in [0.4, 0.5) is 4.39 Å². The Morgan fingerprint density at radius 1 is 1.19 bits per heavy atom. The van der Waals surface area contributed by atoms with Gasteiger partial charge in [-0.1, -0.05) is 17.8 Å². The highest BCUT2D eigenvalue weighted by molar-refractivity contribution is 7.99. The van der Waals surface area contributed by atoms with Crippen LogP contribution in [0.5, 0.6) is 5.75 Å². The highest BCUT2D eigenvalue weighted by Gasteiger charge is 2.08. The maximum atomic E-state index is 13.4. The number of thioether (sulfide) groups is 1. The summed E-state index contributed by atoms with van der Waals surface area (Å²) in [5, 5.41) is 5.78. The molecule has 0 amide bonds. The van der Waals surface area contributed by atoms with Crippen molar-refractivity contribution in [1.82, 2.24) is 9.55 Å². The van der Waals surface area contributed by atoms with Gasteiger partial charge in [0.25, 0.3) is 0 Å². The van der Waals surface area contributed by atoms with Crippen molar-refractivity contribution in [3.8, 4) is 11.4 Å². The number of hydrogen-bond acceptors (Lipinski definition) is 5. The quantitative estimate of drug-likeness (QED) is 0.493. The number of nitrogens with two attached hydrogens (primary N) is 1. The van der Waals surface area contributed by atoms with Crippen LogP contribution in [0.1, 0.15) is 0 Å². The zero-order chi connectivity index (χ0) is 18.6. The van der Waals surface area contributed by atoms with Gasteiger partial charge >= 0.3 is 0 Å². The van der Waals surface area contributed by atoms with Gasteiger partial charge in [0, 0.05) is 18.1 Å². The molecular formula is C17H16FN3O3S2. The van der Waals surface area contributed by atoms with Crippen molar-refractivity contribution in [3.05, 3.63) is 66.7 Å². The SMILES string of the molecule is NS(=O)(=O)c1ccc(OCCSc2nccn2-c2cccc(F)c2)cc1. The molecular weight excluding hydrogens is 377 g/mol. The van der Waals surface area contributed by atoms with Gasteiger partial charge in [-0.15, -0.1) is 0 Å². The van der Waals surface area contributed by atoms with E-state index in [0.717, 1.165) is 5.16 Å². The summed E-state index contributed by atoms with van der Waals surface area (Å²) < 4.78 is 43.2. The van der Waals surface area contributed by atoms with Crippen molar-refractivity contribution in [3.63, 3.8) is 0 Å². The molecule has 6 nitrogen and oxygen atoms in total. The first-order chi connectivity index (χ1) is 12.4. The first-order valence-electron chi connectivity index (χ1n) is 7.61. The highest BCUT2D eigenvalue weighted by Crippen LogP contribution is 2.21. The molecule has 2 aromatic carbocycles. The third-order valence-corrected chi connectivity index (χ3v) is 5.29. The summed E-state index contributed by atoms with van der Waals surface area (Å²) in [6.45, 7) is 0.398. The van der Waals surface area contributed by atoms with E-state index >= 15 is 0 Å². The van der Waals surface area contributed by atoms with Gasteiger partial charge in [0.05, 0.1) is 17.2 Å². The third-order valence-electron chi connectivity index (χ3n) is 3.43. The first kappa shape index (κ1) is 18.4. The van der Waals surface area contributed by atoms with E-state index in [-0.39, 0.29) is 10.7 Å². The molecule has 0 saturated heterocycles. The lowest BCUT2D eigenvalue weighted by atomic mass is 10.3. The molecule has 0 spiro atoms. The Bertz CT molecular complexity index is 988. The molecule has 0 unspecified atom stereocenters. The normalized spacial score (nSPS) is 11.5. The Morgan fingerprint density at radius 3 is 2.65 bits per heavy atom. The van der Waals surface area contributed by atoms with Crippen molar-refractivity contribution in [1.29, 1.82) is 0 Å². The lowest BCUT2D eigenvalue weighted by Gasteiger charge is -2.09. The standard InChI is InChI=1S/C17H16FN3O3S2/c18-13-2-1-3-14(12-13)21-9-8-20-17(21)25-11-10-24-15-4-6-16(7-5-15)26(19,22)23/h1-9,12H,10-11H2,(H2,19,22,23). The van der Waals surface area contributed by atoms with E-state index in [1.54, 1.807) is 41.2 Å². The van der Waals surface area contributed by atoms with E-state index < -0.39 is 10.0 Å². The van der Waals surface area contributed by atoms with Crippen LogP contribution in [-0.2, 0) is 10.0 Å². The van der Waals surface area contributed by atoms with Crippen LogP contribution >= 0.6 is 11.8 Å². The number of aromatic nitrogens is 2. The predicted molar refractivity (Wildman–Crippen MR) is 97.6 cm³/mol. The lowest BCUT2D eigenvalue weighted by Crippen LogP contribution is -2.11. The molecule has 0 atom stereocenters. The second-order valence-corrected chi connectivity index (χ2v) is 7.90. The van der Waals surface area contributed by atoms with Crippen molar-refractivity contribution >= 4 is 21.8 Å². The van der Waals surface area contributed by atoms with E-state index in [1.807, 2.05) is 0 Å². The molecule has 26 heavy (non-hydrogen) atoms. The van der Waals surface area contributed by atoms with Crippen LogP contribution in [-0.4, -0.2) is 30.3 Å². The average Bonchev–Trinajstić information content (AvgIpc) is 3.07. The highest BCUT2D eigenvalue weighted by atomic mass is 32.2. The van der Waals surface area contributed by atoms with Crippen LogP contribution in [0, 0.1) is 5.82 Å². The molecule has 136 valence electrons. The van der Waals surface area contributed by atoms with Gasteiger partial charge in [0.15, 0.2) is 5.16 Å². The molecule has 0 bridgehead atoms. The Labute approximate surface area is 154 Å². The van der Waals surface area contributed by atoms with E-state index in [0.29, 0.717) is 23.8 Å². The number of ether oxygens (including phenoxy) is 1. The third kappa shape index (κ3) is 4.63. The molecule has 3 rings (SSSR count). The number of sulfonamides is 1. The van der Waals surface area contributed by atoms with Gasteiger partial charge in [0.2, 0.25) is 10.0 Å². The van der Waals surface area contributed by atoms with Gasteiger partial charge in [-0.25, -0.2) is 22.9 Å². The number of imidazole rings is 1. The summed E-state index contributed by atoms with van der Waals surface area (Å²) in [6, 6.07) is 12.2. The molecule has 0 radical (unpaired) electrons. The topological polar surface area (TPSA) is 87.2 Å². The molecule has 2 N–H and O–H groups in total. The van der Waals surface area contributed by atoms with Crippen LogP contribution in [0.2, 0.25) is 0 Å². The Morgan fingerprint density at radius 2 is 1.96 bits per heavy atom. The van der Waals surface area contributed by atoms with Gasteiger partial charge in [-0.2, -0.15) is 0 Å². The molecule has 0 aliphatic heterocycles. The van der Waals surface area contributed by atoms with Crippen LogP contribution in [0.15, 0.2) is 71.0 Å². The van der Waals surface area contributed by atoms with Gasteiger partial charge in [-0.05, 0) is 42.5 Å². The summed E-state index contributed by atoms with van der Waals surface area (Å²) in [4.78, 5) is 4.31. The Kier molecular flexibility index (Phi) is 5.60. The summed E-state index contributed by atoms with van der Waals surface area (Å²) in [5.41, 5.74) is 0.699. The molecule has 1 aromatic heterocycles. The van der Waals surface area contributed by atoms with Crippen molar-refractivity contribution in [2.24, 2.45) is 5.14 Å². The summed E-state index contributed by atoms with van der Waals surface area (Å²) in [5.74, 6) is 0.855. The van der Waals surface area contributed by atoms with Gasteiger partial charge in [0.1, 0.15) is 11.6 Å². The zero-order valence-electron chi connectivity index (χ0n) is 13.6. The maximum absolute atomic E-state index is 13.4. The largest absolute Gasteiger partial charge is 0.493 e. The van der Waals surface area contributed by atoms with Crippen molar-refractivity contribution in [2.75, 3.05) is 12.4 Å². The van der Waals surface area contributed by atoms with Crippen LogP contribution in [0.25, 0.3) is 5.69 Å². The molecule has 0 fully saturated rings. The summed E-state index contributed by atoms with van der Waals surface area (Å²) >= 11 is 1.47. The molecule has 0 aliphatic carbocycles. The minimum Gasteiger partial charge on any atom is -0.493 e. The van der Waals surface area contributed by atoms with E-state index in [1.165, 1.54) is 36.0 Å². The monoisotopic (exact) mass is 393 g/mol. The fourth-order valence-electron chi connectivity index (χ4n) is 2.24. The fraction of sp³-hybridized carbons (Fsp3) is 0.118.